The van der Waals surface area contributed by atoms with Gasteiger partial charge in [0.05, 0.1) is 8.07 Å². The standard InChI is InChI=1S/C15H28SSi/c1-15(2,3)17(7,8)14-11-9-13(10-12-14)16(4,5)6/h9-12H,1-8H3. The first-order chi connectivity index (χ1) is 7.46. The van der Waals surface area contributed by atoms with Crippen molar-refractivity contribution >= 4 is 23.3 Å². The predicted octanol–water partition coefficient (Wildman–Crippen LogP) is 4.46. The fourth-order valence-corrected chi connectivity index (χ4v) is 4.53. The Morgan fingerprint density at radius 2 is 1.29 bits per heavy atom. The third-order valence-electron chi connectivity index (χ3n) is 4.16. The highest BCUT2D eigenvalue weighted by atomic mass is 32.3. The van der Waals surface area contributed by atoms with Crippen LogP contribution < -0.4 is 5.19 Å². The summed E-state index contributed by atoms with van der Waals surface area (Å²) < 4.78 is 0. The number of hydrogen-bond acceptors (Lipinski definition) is 0. The van der Waals surface area contributed by atoms with Gasteiger partial charge in [-0.1, -0.05) is 63.3 Å². The van der Waals surface area contributed by atoms with Crippen LogP contribution in [0.5, 0.6) is 0 Å². The summed E-state index contributed by atoms with van der Waals surface area (Å²) in [7, 11) is -1.94. The minimum Gasteiger partial charge on any atom is -0.223 e. The smallest absolute Gasteiger partial charge is 0.0859 e. The average Bonchev–Trinajstić information content (AvgIpc) is 2.15. The van der Waals surface area contributed by atoms with Crippen LogP contribution in [-0.2, 0) is 0 Å². The summed E-state index contributed by atoms with van der Waals surface area (Å²) in [6.45, 7) is 12.1. The van der Waals surface area contributed by atoms with Crippen molar-refractivity contribution in [2.45, 2.75) is 43.8 Å². The Morgan fingerprint density at radius 1 is 0.882 bits per heavy atom. The molecule has 0 aliphatic carbocycles. The second-order valence-electron chi connectivity index (χ2n) is 7.24. The summed E-state index contributed by atoms with van der Waals surface area (Å²) in [5.74, 6) is 0. The summed E-state index contributed by atoms with van der Waals surface area (Å²) in [5, 5.41) is 2.00. The van der Waals surface area contributed by atoms with Gasteiger partial charge in [-0.3, -0.25) is 0 Å². The van der Waals surface area contributed by atoms with Crippen molar-refractivity contribution in [2.24, 2.45) is 0 Å². The Bertz CT molecular complexity index is 377. The molecule has 1 aromatic rings. The van der Waals surface area contributed by atoms with Crippen LogP contribution in [0.15, 0.2) is 29.2 Å². The number of rotatable bonds is 2. The molecule has 0 saturated heterocycles. The van der Waals surface area contributed by atoms with E-state index in [2.05, 4.69) is 76.9 Å². The lowest BCUT2D eigenvalue weighted by Gasteiger charge is -2.38. The van der Waals surface area contributed by atoms with Gasteiger partial charge >= 0.3 is 0 Å². The molecule has 0 saturated carbocycles. The molecule has 0 bridgehead atoms. The van der Waals surface area contributed by atoms with E-state index in [9.17, 15) is 0 Å². The van der Waals surface area contributed by atoms with Crippen LogP contribution in [-0.4, -0.2) is 26.8 Å². The molecule has 0 radical (unpaired) electrons. The topological polar surface area (TPSA) is 0 Å². The van der Waals surface area contributed by atoms with Crippen molar-refractivity contribution in [3.8, 4) is 0 Å². The molecule has 0 N–H and O–H groups in total. The quantitative estimate of drug-likeness (QED) is 0.695. The molecule has 0 unspecified atom stereocenters. The highest BCUT2D eigenvalue weighted by Crippen LogP contribution is 2.45. The monoisotopic (exact) mass is 268 g/mol. The molecule has 0 spiro atoms. The van der Waals surface area contributed by atoms with Gasteiger partial charge in [0.25, 0.3) is 0 Å². The maximum atomic E-state index is 2.48. The second kappa shape index (κ2) is 4.47. The Labute approximate surface area is 110 Å². The molecule has 0 atom stereocenters. The summed E-state index contributed by atoms with van der Waals surface area (Å²) >= 11 is 0. The molecule has 0 amide bonds. The first-order valence-electron chi connectivity index (χ1n) is 6.25. The normalized spacial score (nSPS) is 14.8. The second-order valence-corrected chi connectivity index (χ2v) is 16.7. The Balaban J connectivity index is 3.12. The molecule has 0 nitrogen and oxygen atoms in total. The largest absolute Gasteiger partial charge is 0.223 e. The zero-order valence-corrected chi connectivity index (χ0v) is 14.5. The van der Waals surface area contributed by atoms with Crippen molar-refractivity contribution < 1.29 is 0 Å². The molecule has 0 aliphatic heterocycles. The zero-order valence-electron chi connectivity index (χ0n) is 12.7. The van der Waals surface area contributed by atoms with Gasteiger partial charge < -0.3 is 0 Å². The van der Waals surface area contributed by atoms with Gasteiger partial charge in [-0.05, 0) is 28.7 Å². The van der Waals surface area contributed by atoms with Gasteiger partial charge in [0.2, 0.25) is 0 Å². The predicted molar refractivity (Wildman–Crippen MR) is 86.9 cm³/mol. The van der Waals surface area contributed by atoms with E-state index in [0.717, 1.165) is 0 Å². The van der Waals surface area contributed by atoms with Gasteiger partial charge in [-0.25, -0.2) is 10.0 Å². The Morgan fingerprint density at radius 3 is 1.59 bits per heavy atom. The van der Waals surface area contributed by atoms with Gasteiger partial charge in [0, 0.05) is 0 Å². The van der Waals surface area contributed by atoms with E-state index in [1.165, 1.54) is 4.90 Å². The van der Waals surface area contributed by atoms with Crippen LogP contribution in [0.4, 0.5) is 0 Å². The van der Waals surface area contributed by atoms with E-state index >= 15 is 0 Å². The molecule has 0 aliphatic rings. The maximum absolute atomic E-state index is 2.48. The van der Waals surface area contributed by atoms with Crippen LogP contribution in [0.25, 0.3) is 0 Å². The summed E-state index contributed by atoms with van der Waals surface area (Å²) in [4.78, 5) is 1.51. The van der Waals surface area contributed by atoms with E-state index in [1.54, 1.807) is 5.19 Å². The van der Waals surface area contributed by atoms with Crippen molar-refractivity contribution in [2.75, 3.05) is 18.8 Å². The average molecular weight is 269 g/mol. The van der Waals surface area contributed by atoms with Gasteiger partial charge in [0.15, 0.2) is 0 Å². The molecule has 1 aromatic carbocycles. The van der Waals surface area contributed by atoms with Gasteiger partial charge in [0.1, 0.15) is 0 Å². The molecular weight excluding hydrogens is 240 g/mol. The van der Waals surface area contributed by atoms with Crippen LogP contribution in [0.2, 0.25) is 18.1 Å². The minimum atomic E-state index is -1.35. The van der Waals surface area contributed by atoms with Crippen molar-refractivity contribution in [1.82, 2.24) is 0 Å². The Hall–Kier alpha value is -0.213. The molecule has 0 fully saturated rings. The van der Waals surface area contributed by atoms with Crippen molar-refractivity contribution in [3.05, 3.63) is 24.3 Å². The fraction of sp³-hybridized carbons (Fsp3) is 0.600. The van der Waals surface area contributed by atoms with Crippen LogP contribution in [0.3, 0.4) is 0 Å². The molecule has 1 rings (SSSR count). The molecule has 98 valence electrons. The lowest BCUT2D eigenvalue weighted by Crippen LogP contribution is -2.49. The number of benzene rings is 1. The summed E-state index contributed by atoms with van der Waals surface area (Å²) in [6.07, 6.45) is 7.07. The fourth-order valence-electron chi connectivity index (χ4n) is 1.71. The lowest BCUT2D eigenvalue weighted by molar-refractivity contribution is 0.729. The van der Waals surface area contributed by atoms with E-state index in [-0.39, 0.29) is 0 Å². The summed E-state index contributed by atoms with van der Waals surface area (Å²) in [5.41, 5.74) is 0. The van der Waals surface area contributed by atoms with Gasteiger partial charge in [-0.2, -0.15) is 0 Å². The van der Waals surface area contributed by atoms with Crippen LogP contribution in [0, 0.1) is 0 Å². The zero-order chi connectivity index (χ0) is 13.5. The van der Waals surface area contributed by atoms with Gasteiger partial charge in [-0.15, -0.1) is 0 Å². The van der Waals surface area contributed by atoms with E-state index in [4.69, 9.17) is 0 Å². The highest BCUT2D eigenvalue weighted by Gasteiger charge is 2.36. The highest BCUT2D eigenvalue weighted by molar-refractivity contribution is 8.32. The third-order valence-corrected chi connectivity index (χ3v) is 11.4. The molecule has 0 heterocycles. The SMILES string of the molecule is CC(C)(C)[Si](C)(C)c1ccc(S(C)(C)C)cc1. The third kappa shape index (κ3) is 3.17. The first-order valence-corrected chi connectivity index (χ1v) is 12.1. The van der Waals surface area contributed by atoms with Crippen molar-refractivity contribution in [1.29, 1.82) is 0 Å². The number of hydrogen-bond donors (Lipinski definition) is 0. The van der Waals surface area contributed by atoms with E-state index < -0.39 is 18.1 Å². The lowest BCUT2D eigenvalue weighted by atomic mass is 10.2. The van der Waals surface area contributed by atoms with Crippen molar-refractivity contribution in [3.63, 3.8) is 0 Å². The summed E-state index contributed by atoms with van der Waals surface area (Å²) in [6, 6.07) is 9.46. The molecule has 2 heteroatoms. The van der Waals surface area contributed by atoms with Crippen LogP contribution in [0.1, 0.15) is 20.8 Å². The molecule has 17 heavy (non-hydrogen) atoms. The molecular formula is C15H28SSi. The van der Waals surface area contributed by atoms with E-state index in [1.807, 2.05) is 0 Å². The maximum Gasteiger partial charge on any atom is 0.0859 e. The minimum absolute atomic E-state index is 0.420. The van der Waals surface area contributed by atoms with E-state index in [0.29, 0.717) is 5.04 Å². The molecule has 0 aromatic heterocycles. The van der Waals surface area contributed by atoms with Crippen LogP contribution >= 0.6 is 10.0 Å². The Kier molecular flexibility index (Phi) is 3.90. The first kappa shape index (κ1) is 14.8.